The maximum Gasteiger partial charge on any atom is 0.247 e. The largest absolute Gasteiger partial charge is 0.493 e. The predicted octanol–water partition coefficient (Wildman–Crippen LogP) is 2.08. The highest BCUT2D eigenvalue weighted by molar-refractivity contribution is 14.1. The second kappa shape index (κ2) is 15.3. The van der Waals surface area contributed by atoms with E-state index in [-0.39, 0.29) is 38.0 Å². The zero-order valence-electron chi connectivity index (χ0n) is 21.7. The summed E-state index contributed by atoms with van der Waals surface area (Å²) in [5, 5.41) is 23.2. The summed E-state index contributed by atoms with van der Waals surface area (Å²) in [7, 11) is 1.44. The molecule has 1 aliphatic carbocycles. The van der Waals surface area contributed by atoms with Gasteiger partial charge in [-0.05, 0) is 61.1 Å². The Hall–Kier alpha value is -2.22. The molecular weight excluding hydrogens is 595 g/mol. The van der Waals surface area contributed by atoms with E-state index in [4.69, 9.17) is 19.3 Å². The summed E-state index contributed by atoms with van der Waals surface area (Å²) < 4.78 is 17.8. The minimum Gasteiger partial charge on any atom is -0.493 e. The molecule has 2 amide bonds. The summed E-state index contributed by atoms with van der Waals surface area (Å²) >= 11 is 2.01. The summed E-state index contributed by atoms with van der Waals surface area (Å²) in [6, 6.07) is 2.42. The molecule has 11 heteroatoms. The average molecular weight is 632 g/mol. The molecule has 0 spiro atoms. The molecule has 0 aromatic heterocycles. The number of amides is 2. The van der Waals surface area contributed by atoms with Crippen molar-refractivity contribution < 1.29 is 38.8 Å². The van der Waals surface area contributed by atoms with E-state index >= 15 is 0 Å². The monoisotopic (exact) mass is 632 g/mol. The Balaban J connectivity index is 2.43. The minimum absolute atomic E-state index is 0.0567. The van der Waals surface area contributed by atoms with Crippen LogP contribution in [0.5, 0.6) is 11.5 Å². The molecule has 0 radical (unpaired) electrons. The van der Waals surface area contributed by atoms with E-state index < -0.39 is 24.2 Å². The molecule has 3 atom stereocenters. The Bertz CT molecular complexity index is 968. The standard InChI is InChI=1S/C26H37IN2O8/c1-5-23(32)29(8-6-10-36-16(2)3)20-13-18(26(34)28-7-9-30)14-21(24(20)33)37-25-19(27)11-17(15-31)12-22(25)35-4/h11-12,14-16,20-21,24,30,33H,5-10,13H2,1-4H3,(H,28,34)/t20-,21+,24+/m1/s1. The summed E-state index contributed by atoms with van der Waals surface area (Å²) in [5.74, 6) is 0.0372. The van der Waals surface area contributed by atoms with Crippen LogP contribution in [0.25, 0.3) is 0 Å². The Morgan fingerprint density at radius 3 is 2.65 bits per heavy atom. The Kier molecular flexibility index (Phi) is 12.8. The lowest BCUT2D eigenvalue weighted by molar-refractivity contribution is -0.138. The lowest BCUT2D eigenvalue weighted by Gasteiger charge is -2.40. The number of nitrogens with one attached hydrogen (secondary N) is 1. The van der Waals surface area contributed by atoms with Gasteiger partial charge in [0.25, 0.3) is 0 Å². The lowest BCUT2D eigenvalue weighted by atomic mass is 9.88. The van der Waals surface area contributed by atoms with Crippen LogP contribution in [0.3, 0.4) is 0 Å². The van der Waals surface area contributed by atoms with Crippen molar-refractivity contribution in [3.63, 3.8) is 0 Å². The number of hydrogen-bond donors (Lipinski definition) is 3. The summed E-state index contributed by atoms with van der Waals surface area (Å²) in [4.78, 5) is 38.7. The van der Waals surface area contributed by atoms with Crippen LogP contribution < -0.4 is 14.8 Å². The van der Waals surface area contributed by atoms with Gasteiger partial charge in [0.1, 0.15) is 18.5 Å². The normalized spacial score (nSPS) is 19.2. The first-order chi connectivity index (χ1) is 17.7. The summed E-state index contributed by atoms with van der Waals surface area (Å²) in [6.45, 7) is 6.25. The Morgan fingerprint density at radius 1 is 1.32 bits per heavy atom. The molecule has 2 rings (SSSR count). The lowest BCUT2D eigenvalue weighted by Crippen LogP contribution is -2.55. The van der Waals surface area contributed by atoms with Gasteiger partial charge in [-0.3, -0.25) is 14.4 Å². The fraction of sp³-hybridized carbons (Fsp3) is 0.577. The Labute approximate surface area is 231 Å². The first-order valence-corrected chi connectivity index (χ1v) is 13.4. The molecule has 0 unspecified atom stereocenters. The van der Waals surface area contributed by atoms with E-state index in [9.17, 15) is 19.5 Å². The molecule has 0 bridgehead atoms. The topological polar surface area (TPSA) is 135 Å². The van der Waals surface area contributed by atoms with Gasteiger partial charge >= 0.3 is 0 Å². The third-order valence-corrected chi connectivity index (χ3v) is 6.68. The number of aldehydes is 1. The van der Waals surface area contributed by atoms with E-state index in [1.165, 1.54) is 19.3 Å². The van der Waals surface area contributed by atoms with Crippen molar-refractivity contribution in [2.45, 2.75) is 64.4 Å². The first-order valence-electron chi connectivity index (χ1n) is 12.3. The molecule has 0 saturated carbocycles. The van der Waals surface area contributed by atoms with Crippen LogP contribution in [0.4, 0.5) is 0 Å². The summed E-state index contributed by atoms with van der Waals surface area (Å²) in [5.41, 5.74) is 0.734. The average Bonchev–Trinajstić information content (AvgIpc) is 2.88. The van der Waals surface area contributed by atoms with E-state index in [0.29, 0.717) is 52.1 Å². The van der Waals surface area contributed by atoms with Gasteiger partial charge in [-0.15, -0.1) is 0 Å². The molecule has 0 aliphatic heterocycles. The van der Waals surface area contributed by atoms with E-state index in [0.717, 1.165) is 0 Å². The highest BCUT2D eigenvalue weighted by atomic mass is 127. The predicted molar refractivity (Wildman–Crippen MR) is 146 cm³/mol. The van der Waals surface area contributed by atoms with Gasteiger partial charge in [0.2, 0.25) is 11.8 Å². The van der Waals surface area contributed by atoms with Crippen LogP contribution in [-0.4, -0.2) is 91.0 Å². The van der Waals surface area contributed by atoms with Crippen molar-refractivity contribution >= 4 is 40.7 Å². The number of halogens is 1. The molecule has 10 nitrogen and oxygen atoms in total. The maximum atomic E-state index is 12.9. The van der Waals surface area contributed by atoms with Crippen molar-refractivity contribution in [2.24, 2.45) is 0 Å². The maximum absolute atomic E-state index is 12.9. The van der Waals surface area contributed by atoms with Crippen molar-refractivity contribution in [3.05, 3.63) is 32.9 Å². The third kappa shape index (κ3) is 8.66. The molecule has 0 heterocycles. The highest BCUT2D eigenvalue weighted by Crippen LogP contribution is 2.37. The van der Waals surface area contributed by atoms with Crippen LogP contribution in [0.15, 0.2) is 23.8 Å². The van der Waals surface area contributed by atoms with E-state index in [2.05, 4.69) is 5.32 Å². The van der Waals surface area contributed by atoms with Crippen LogP contribution >= 0.6 is 22.6 Å². The van der Waals surface area contributed by atoms with Gasteiger partial charge in [0, 0.05) is 43.7 Å². The zero-order chi connectivity index (χ0) is 27.5. The number of nitrogens with zero attached hydrogens (tertiary/aromatic N) is 1. The number of carbonyl (C=O) groups excluding carboxylic acids is 3. The number of hydrogen-bond acceptors (Lipinski definition) is 8. The van der Waals surface area contributed by atoms with Gasteiger partial charge in [0.15, 0.2) is 11.5 Å². The molecule has 0 fully saturated rings. The molecule has 37 heavy (non-hydrogen) atoms. The van der Waals surface area contributed by atoms with Gasteiger partial charge in [-0.25, -0.2) is 0 Å². The fourth-order valence-corrected chi connectivity index (χ4v) is 4.82. The number of rotatable bonds is 14. The number of aliphatic hydroxyl groups excluding tert-OH is 2. The zero-order valence-corrected chi connectivity index (χ0v) is 23.9. The van der Waals surface area contributed by atoms with Crippen molar-refractivity contribution in [1.82, 2.24) is 10.2 Å². The quantitative estimate of drug-likeness (QED) is 0.161. The van der Waals surface area contributed by atoms with Crippen LogP contribution in [0, 0.1) is 3.57 Å². The number of carbonyl (C=O) groups is 3. The van der Waals surface area contributed by atoms with Gasteiger partial charge in [-0.2, -0.15) is 0 Å². The van der Waals surface area contributed by atoms with Crippen molar-refractivity contribution in [2.75, 3.05) is 33.4 Å². The van der Waals surface area contributed by atoms with Gasteiger partial charge < -0.3 is 34.6 Å². The molecule has 3 N–H and O–H groups in total. The second-order valence-corrected chi connectivity index (χ2v) is 10.0. The molecular formula is C26H37IN2O8. The third-order valence-electron chi connectivity index (χ3n) is 5.87. The molecule has 0 saturated heterocycles. The van der Waals surface area contributed by atoms with Crippen LogP contribution in [0.2, 0.25) is 0 Å². The van der Waals surface area contributed by atoms with Crippen molar-refractivity contribution in [3.8, 4) is 11.5 Å². The van der Waals surface area contributed by atoms with E-state index in [1.807, 2.05) is 36.4 Å². The summed E-state index contributed by atoms with van der Waals surface area (Å²) in [6.07, 6.45) is 1.06. The second-order valence-electron chi connectivity index (χ2n) is 8.88. The molecule has 206 valence electrons. The molecule has 1 aromatic carbocycles. The van der Waals surface area contributed by atoms with Crippen LogP contribution in [-0.2, 0) is 14.3 Å². The fourth-order valence-electron chi connectivity index (χ4n) is 4.07. The SMILES string of the molecule is CCC(=O)N(CCCOC(C)C)[C@@H]1CC(C(=O)NCCO)=C[C@H](Oc2c(I)cc(C=O)cc2OC)[C@H]1O. The number of aliphatic hydroxyl groups is 2. The smallest absolute Gasteiger partial charge is 0.247 e. The molecule has 1 aliphatic rings. The Morgan fingerprint density at radius 2 is 2.05 bits per heavy atom. The number of methoxy groups -OCH3 is 1. The molecule has 1 aromatic rings. The van der Waals surface area contributed by atoms with Crippen LogP contribution in [0.1, 0.15) is 50.4 Å². The minimum atomic E-state index is -1.15. The first kappa shape index (κ1) is 31.0. The van der Waals surface area contributed by atoms with Crippen molar-refractivity contribution in [1.29, 1.82) is 0 Å². The van der Waals surface area contributed by atoms with Gasteiger partial charge in [0.05, 0.1) is 29.4 Å². The van der Waals surface area contributed by atoms with E-state index in [1.54, 1.807) is 17.9 Å². The van der Waals surface area contributed by atoms with Gasteiger partial charge in [-0.1, -0.05) is 6.92 Å². The number of ether oxygens (including phenoxy) is 3. The highest BCUT2D eigenvalue weighted by Gasteiger charge is 2.40. The number of benzene rings is 1.